The first kappa shape index (κ1) is 18.2. The molecule has 0 saturated carbocycles. The molecule has 0 amide bonds. The van der Waals surface area contributed by atoms with Crippen LogP contribution in [0, 0.1) is 0 Å². The van der Waals surface area contributed by atoms with Gasteiger partial charge in [-0.05, 0) is 36.2 Å². The zero-order chi connectivity index (χ0) is 18.5. The average Bonchev–Trinajstić information content (AvgIpc) is 2.69. The van der Waals surface area contributed by atoms with E-state index in [2.05, 4.69) is 45.5 Å². The average molecular weight is 382 g/mol. The Kier molecular flexibility index (Phi) is 5.87. The van der Waals surface area contributed by atoms with E-state index in [9.17, 15) is 0 Å². The van der Waals surface area contributed by atoms with Gasteiger partial charge in [0.25, 0.3) is 0 Å². The molecular weight excluding hydrogens is 358 g/mol. The molecule has 1 saturated heterocycles. The number of pyridine rings is 1. The number of fused-ring (bicyclic) bond motifs is 1. The lowest BCUT2D eigenvalue weighted by atomic mass is 10.1. The van der Waals surface area contributed by atoms with E-state index in [4.69, 9.17) is 16.3 Å². The van der Waals surface area contributed by atoms with Crippen LogP contribution in [0.25, 0.3) is 10.9 Å². The lowest BCUT2D eigenvalue weighted by Gasteiger charge is -2.33. The van der Waals surface area contributed by atoms with Crippen LogP contribution in [0.5, 0.6) is 0 Å². The van der Waals surface area contributed by atoms with Gasteiger partial charge in [-0.25, -0.2) is 0 Å². The number of rotatable bonds is 6. The highest BCUT2D eigenvalue weighted by Crippen LogP contribution is 2.24. The van der Waals surface area contributed by atoms with Gasteiger partial charge < -0.3 is 10.1 Å². The Hall–Kier alpha value is -2.14. The molecule has 0 aliphatic carbocycles. The smallest absolute Gasteiger partial charge is 0.0737 e. The van der Waals surface area contributed by atoms with Gasteiger partial charge >= 0.3 is 0 Å². The van der Waals surface area contributed by atoms with E-state index in [0.29, 0.717) is 5.02 Å². The molecule has 1 atom stereocenters. The van der Waals surface area contributed by atoms with Gasteiger partial charge in [0.2, 0.25) is 0 Å². The molecule has 27 heavy (non-hydrogen) atoms. The number of ether oxygens (including phenoxy) is 1. The van der Waals surface area contributed by atoms with Crippen molar-refractivity contribution in [3.63, 3.8) is 0 Å². The minimum atomic E-state index is 0.262. The summed E-state index contributed by atoms with van der Waals surface area (Å²) in [6, 6.07) is 18.5. The van der Waals surface area contributed by atoms with Crippen LogP contribution < -0.4 is 5.32 Å². The summed E-state index contributed by atoms with van der Waals surface area (Å²) < 4.78 is 5.98. The van der Waals surface area contributed by atoms with Crippen LogP contribution in [-0.2, 0) is 11.3 Å². The van der Waals surface area contributed by atoms with Gasteiger partial charge in [0.05, 0.1) is 18.2 Å². The summed E-state index contributed by atoms with van der Waals surface area (Å²) in [4.78, 5) is 6.87. The molecule has 5 heteroatoms. The van der Waals surface area contributed by atoms with Crippen molar-refractivity contribution in [3.8, 4) is 0 Å². The zero-order valence-electron chi connectivity index (χ0n) is 15.3. The molecule has 0 spiro atoms. The van der Waals surface area contributed by atoms with E-state index in [1.54, 1.807) is 0 Å². The molecule has 0 radical (unpaired) electrons. The molecule has 1 aliphatic rings. The predicted octanol–water partition coefficient (Wildman–Crippen LogP) is 4.59. The Morgan fingerprint density at radius 3 is 2.93 bits per heavy atom. The van der Waals surface area contributed by atoms with Crippen molar-refractivity contribution in [3.05, 3.63) is 71.4 Å². The molecule has 1 aliphatic heterocycles. The first-order valence-electron chi connectivity index (χ1n) is 9.44. The van der Waals surface area contributed by atoms with Gasteiger partial charge in [-0.1, -0.05) is 41.9 Å². The number of morpholine rings is 1. The van der Waals surface area contributed by atoms with Crippen LogP contribution in [0.1, 0.15) is 12.0 Å². The molecule has 3 aromatic rings. The van der Waals surface area contributed by atoms with E-state index in [1.165, 1.54) is 5.56 Å². The normalized spacial score (nSPS) is 17.9. The molecule has 4 nitrogen and oxygen atoms in total. The lowest BCUT2D eigenvalue weighted by Crippen LogP contribution is -2.42. The highest BCUT2D eigenvalue weighted by molar-refractivity contribution is 6.31. The molecule has 2 aromatic carbocycles. The second-order valence-corrected chi connectivity index (χ2v) is 7.39. The van der Waals surface area contributed by atoms with E-state index in [-0.39, 0.29) is 6.10 Å². The van der Waals surface area contributed by atoms with E-state index >= 15 is 0 Å². The Balaban J connectivity index is 1.31. The third-order valence-corrected chi connectivity index (χ3v) is 5.19. The van der Waals surface area contributed by atoms with Gasteiger partial charge in [-0.3, -0.25) is 9.88 Å². The van der Waals surface area contributed by atoms with Gasteiger partial charge in [0.15, 0.2) is 0 Å². The number of hydrogen-bond acceptors (Lipinski definition) is 4. The number of benzene rings is 2. The number of halogens is 1. The fraction of sp³-hybridized carbons (Fsp3) is 0.318. The maximum absolute atomic E-state index is 6.07. The molecule has 4 rings (SSSR count). The first-order chi connectivity index (χ1) is 13.3. The molecule has 1 unspecified atom stereocenters. The fourth-order valence-corrected chi connectivity index (χ4v) is 3.75. The summed E-state index contributed by atoms with van der Waals surface area (Å²) in [6.07, 6.45) is 3.06. The Bertz CT molecular complexity index is 887. The molecule has 1 fully saturated rings. The highest BCUT2D eigenvalue weighted by atomic mass is 35.5. The van der Waals surface area contributed by atoms with Crippen molar-refractivity contribution in [2.45, 2.75) is 19.1 Å². The highest BCUT2D eigenvalue weighted by Gasteiger charge is 2.20. The maximum Gasteiger partial charge on any atom is 0.0737 e. The Morgan fingerprint density at radius 2 is 2.04 bits per heavy atom. The summed E-state index contributed by atoms with van der Waals surface area (Å²) in [5, 5.41) is 5.34. The van der Waals surface area contributed by atoms with Crippen molar-refractivity contribution in [2.24, 2.45) is 0 Å². The number of aromatic nitrogens is 1. The minimum absolute atomic E-state index is 0.262. The number of nitrogens with one attached hydrogen (secondary N) is 1. The second kappa shape index (κ2) is 8.70. The third-order valence-electron chi connectivity index (χ3n) is 4.96. The summed E-state index contributed by atoms with van der Waals surface area (Å²) in [5.74, 6) is 0. The quantitative estimate of drug-likeness (QED) is 0.677. The largest absolute Gasteiger partial charge is 0.384 e. The van der Waals surface area contributed by atoms with Crippen molar-refractivity contribution in [1.82, 2.24) is 9.88 Å². The molecule has 1 N–H and O–H groups in total. The Labute approximate surface area is 165 Å². The van der Waals surface area contributed by atoms with Crippen LogP contribution in [0.15, 0.2) is 60.8 Å². The van der Waals surface area contributed by atoms with Crippen molar-refractivity contribution >= 4 is 28.2 Å². The number of hydrogen-bond donors (Lipinski definition) is 1. The Morgan fingerprint density at radius 1 is 1.15 bits per heavy atom. The third kappa shape index (κ3) is 4.78. The predicted molar refractivity (Wildman–Crippen MR) is 111 cm³/mol. The number of anilines is 1. The summed E-state index contributed by atoms with van der Waals surface area (Å²) in [7, 11) is 0. The van der Waals surface area contributed by atoms with E-state index in [0.717, 1.165) is 55.8 Å². The van der Waals surface area contributed by atoms with Crippen LogP contribution in [-0.4, -0.2) is 42.2 Å². The van der Waals surface area contributed by atoms with Gasteiger partial charge in [0.1, 0.15) is 0 Å². The molecule has 140 valence electrons. The minimum Gasteiger partial charge on any atom is -0.384 e. The topological polar surface area (TPSA) is 37.4 Å². The van der Waals surface area contributed by atoms with Gasteiger partial charge in [0, 0.05) is 48.5 Å². The van der Waals surface area contributed by atoms with E-state index in [1.807, 2.05) is 30.5 Å². The monoisotopic (exact) mass is 381 g/mol. The maximum atomic E-state index is 6.07. The standard InChI is InChI=1S/C22H24ClN3O/c23-18-6-7-20-21(9-11-25-22(20)14-18)24-10-8-19-16-26(12-13-27-19)15-17-4-2-1-3-5-17/h1-7,9,11,14,19H,8,10,12-13,15-16H2,(H,24,25). The summed E-state index contributed by atoms with van der Waals surface area (Å²) in [5.41, 5.74) is 3.36. The zero-order valence-corrected chi connectivity index (χ0v) is 16.0. The fourth-order valence-electron chi connectivity index (χ4n) is 3.58. The first-order valence-corrected chi connectivity index (χ1v) is 9.82. The van der Waals surface area contributed by atoms with Crippen LogP contribution in [0.2, 0.25) is 5.02 Å². The molecular formula is C22H24ClN3O. The van der Waals surface area contributed by atoms with Crippen molar-refractivity contribution in [2.75, 3.05) is 31.6 Å². The van der Waals surface area contributed by atoms with Crippen molar-refractivity contribution in [1.29, 1.82) is 0 Å². The number of nitrogens with zero attached hydrogens (tertiary/aromatic N) is 2. The molecule has 0 bridgehead atoms. The summed E-state index contributed by atoms with van der Waals surface area (Å²) in [6.45, 7) is 4.63. The van der Waals surface area contributed by atoms with E-state index < -0.39 is 0 Å². The SMILES string of the molecule is Clc1ccc2c(NCCC3CN(Cc4ccccc4)CCO3)ccnc2c1. The van der Waals surface area contributed by atoms with Crippen LogP contribution in [0.4, 0.5) is 5.69 Å². The van der Waals surface area contributed by atoms with Crippen molar-refractivity contribution < 1.29 is 4.74 Å². The van der Waals surface area contributed by atoms with Crippen LogP contribution in [0.3, 0.4) is 0 Å². The van der Waals surface area contributed by atoms with Gasteiger partial charge in [-0.2, -0.15) is 0 Å². The van der Waals surface area contributed by atoms with Crippen LogP contribution >= 0.6 is 11.6 Å². The summed E-state index contributed by atoms with van der Waals surface area (Å²) >= 11 is 6.07. The lowest BCUT2D eigenvalue weighted by molar-refractivity contribution is -0.0330. The second-order valence-electron chi connectivity index (χ2n) is 6.95. The molecule has 1 aromatic heterocycles. The molecule has 2 heterocycles. The van der Waals surface area contributed by atoms with Gasteiger partial charge in [-0.15, -0.1) is 0 Å².